The van der Waals surface area contributed by atoms with E-state index in [9.17, 15) is 4.79 Å². The van der Waals surface area contributed by atoms with Crippen molar-refractivity contribution in [1.82, 2.24) is 4.57 Å². The third-order valence-electron chi connectivity index (χ3n) is 3.43. The minimum absolute atomic E-state index is 0.188. The van der Waals surface area contributed by atoms with E-state index in [-0.39, 0.29) is 6.42 Å². The summed E-state index contributed by atoms with van der Waals surface area (Å²) in [7, 11) is 2.04. The van der Waals surface area contributed by atoms with Crippen LogP contribution in [0.15, 0.2) is 18.2 Å². The van der Waals surface area contributed by atoms with Crippen LogP contribution >= 0.6 is 0 Å². The van der Waals surface area contributed by atoms with Gasteiger partial charge >= 0.3 is 5.97 Å². The van der Waals surface area contributed by atoms with Crippen LogP contribution in [0.1, 0.15) is 23.2 Å². The van der Waals surface area contributed by atoms with Crippen LogP contribution < -0.4 is 0 Å². The predicted octanol–water partition coefficient (Wildman–Crippen LogP) is 2.81. The summed E-state index contributed by atoms with van der Waals surface area (Å²) in [6.45, 7) is 4.14. The van der Waals surface area contributed by atoms with Gasteiger partial charge in [0.25, 0.3) is 0 Å². The topological polar surface area (TPSA) is 42.2 Å². The normalized spacial score (nSPS) is 11.0. The van der Waals surface area contributed by atoms with Gasteiger partial charge in [0, 0.05) is 24.5 Å². The molecule has 0 aliphatic rings. The Labute approximate surface area is 101 Å². The Kier molecular flexibility index (Phi) is 2.92. The average Bonchev–Trinajstić information content (AvgIpc) is 2.51. The van der Waals surface area contributed by atoms with Gasteiger partial charge in [-0.2, -0.15) is 0 Å². The zero-order valence-electron chi connectivity index (χ0n) is 10.4. The molecule has 0 fully saturated rings. The Morgan fingerprint density at radius 3 is 2.71 bits per heavy atom. The number of para-hydroxylation sites is 1. The third kappa shape index (κ3) is 1.93. The molecule has 0 radical (unpaired) electrons. The zero-order valence-corrected chi connectivity index (χ0v) is 10.4. The maximum atomic E-state index is 10.7. The van der Waals surface area contributed by atoms with E-state index < -0.39 is 5.97 Å². The molecule has 0 spiro atoms. The van der Waals surface area contributed by atoms with Crippen LogP contribution in [-0.2, 0) is 18.3 Å². The van der Waals surface area contributed by atoms with Gasteiger partial charge in [0.1, 0.15) is 0 Å². The molecule has 1 heterocycles. The summed E-state index contributed by atoms with van der Waals surface area (Å²) < 4.78 is 2.15. The van der Waals surface area contributed by atoms with Crippen molar-refractivity contribution in [2.24, 2.45) is 7.05 Å². The van der Waals surface area contributed by atoms with Crippen molar-refractivity contribution in [3.05, 3.63) is 35.0 Å². The summed E-state index contributed by atoms with van der Waals surface area (Å²) in [6, 6.07) is 6.19. The van der Waals surface area contributed by atoms with Crippen LogP contribution in [0.2, 0.25) is 0 Å². The number of aryl methyl sites for hydroxylation is 3. The van der Waals surface area contributed by atoms with Gasteiger partial charge in [-0.25, -0.2) is 0 Å². The molecule has 1 aromatic heterocycles. The Balaban J connectivity index is 2.59. The summed E-state index contributed by atoms with van der Waals surface area (Å²) in [4.78, 5) is 10.7. The number of carboxylic acids is 1. The first-order valence-electron chi connectivity index (χ1n) is 5.77. The highest BCUT2D eigenvalue weighted by Gasteiger charge is 2.13. The molecule has 0 amide bonds. The van der Waals surface area contributed by atoms with Crippen LogP contribution in [0, 0.1) is 13.8 Å². The van der Waals surface area contributed by atoms with Gasteiger partial charge in [-0.3, -0.25) is 4.79 Å². The van der Waals surface area contributed by atoms with Crippen molar-refractivity contribution in [1.29, 1.82) is 0 Å². The van der Waals surface area contributed by atoms with Crippen LogP contribution in [0.5, 0.6) is 0 Å². The average molecular weight is 231 g/mol. The molecule has 1 N–H and O–H groups in total. The lowest BCUT2D eigenvalue weighted by Gasteiger charge is -2.01. The minimum atomic E-state index is -0.742. The van der Waals surface area contributed by atoms with Gasteiger partial charge in [0.15, 0.2) is 0 Å². The number of nitrogens with zero attached hydrogens (tertiary/aromatic N) is 1. The molecule has 0 aliphatic heterocycles. The van der Waals surface area contributed by atoms with Crippen molar-refractivity contribution >= 4 is 16.9 Å². The number of carbonyl (C=O) groups is 1. The highest BCUT2D eigenvalue weighted by molar-refractivity contribution is 5.88. The number of aromatic nitrogens is 1. The number of fused-ring (bicyclic) bond motifs is 1. The maximum Gasteiger partial charge on any atom is 0.303 e. The minimum Gasteiger partial charge on any atom is -0.481 e. The van der Waals surface area contributed by atoms with E-state index in [1.54, 1.807) is 0 Å². The SMILES string of the molecule is Cc1cccc2c(CCC(=O)O)c(C)n(C)c12. The van der Waals surface area contributed by atoms with Crippen molar-refractivity contribution in [3.63, 3.8) is 0 Å². The molecule has 90 valence electrons. The van der Waals surface area contributed by atoms with Crippen LogP contribution in [0.3, 0.4) is 0 Å². The lowest BCUT2D eigenvalue weighted by atomic mass is 10.0. The third-order valence-corrected chi connectivity index (χ3v) is 3.43. The largest absolute Gasteiger partial charge is 0.481 e. The summed E-state index contributed by atoms with van der Waals surface area (Å²) >= 11 is 0. The fraction of sp³-hybridized carbons (Fsp3) is 0.357. The van der Waals surface area contributed by atoms with E-state index in [2.05, 4.69) is 30.5 Å². The molecule has 0 bridgehead atoms. The quantitative estimate of drug-likeness (QED) is 0.882. The molecule has 0 unspecified atom stereocenters. The number of carboxylic acid groups (broad SMARTS) is 1. The highest BCUT2D eigenvalue weighted by atomic mass is 16.4. The van der Waals surface area contributed by atoms with E-state index in [1.165, 1.54) is 16.5 Å². The second-order valence-electron chi connectivity index (χ2n) is 4.49. The number of rotatable bonds is 3. The van der Waals surface area contributed by atoms with Gasteiger partial charge in [-0.1, -0.05) is 18.2 Å². The van der Waals surface area contributed by atoms with Crippen LogP contribution in [0.25, 0.3) is 10.9 Å². The van der Waals surface area contributed by atoms with Crippen molar-refractivity contribution < 1.29 is 9.90 Å². The monoisotopic (exact) mass is 231 g/mol. The van der Waals surface area contributed by atoms with E-state index in [0.717, 1.165) is 11.3 Å². The molecule has 3 nitrogen and oxygen atoms in total. The first-order chi connectivity index (χ1) is 8.02. The summed E-state index contributed by atoms with van der Waals surface area (Å²) in [5.74, 6) is -0.742. The van der Waals surface area contributed by atoms with Gasteiger partial charge < -0.3 is 9.67 Å². The van der Waals surface area contributed by atoms with Gasteiger partial charge in [0.2, 0.25) is 0 Å². The number of aliphatic carboxylic acids is 1. The summed E-state index contributed by atoms with van der Waals surface area (Å²) in [5, 5.41) is 9.98. The predicted molar refractivity (Wildman–Crippen MR) is 68.3 cm³/mol. The summed E-state index contributed by atoms with van der Waals surface area (Å²) in [6.07, 6.45) is 0.788. The van der Waals surface area contributed by atoms with Crippen LogP contribution in [0.4, 0.5) is 0 Å². The van der Waals surface area contributed by atoms with E-state index in [4.69, 9.17) is 5.11 Å². The molecule has 0 saturated carbocycles. The molecule has 2 rings (SSSR count). The van der Waals surface area contributed by atoms with E-state index >= 15 is 0 Å². The zero-order chi connectivity index (χ0) is 12.6. The Bertz CT molecular complexity index is 581. The van der Waals surface area contributed by atoms with E-state index in [0.29, 0.717) is 6.42 Å². The molecular formula is C14H17NO2. The lowest BCUT2D eigenvalue weighted by Crippen LogP contribution is -1.99. The van der Waals surface area contributed by atoms with Gasteiger partial charge in [0.05, 0.1) is 5.52 Å². The smallest absolute Gasteiger partial charge is 0.303 e. The first-order valence-corrected chi connectivity index (χ1v) is 5.77. The lowest BCUT2D eigenvalue weighted by molar-refractivity contribution is -0.136. The highest BCUT2D eigenvalue weighted by Crippen LogP contribution is 2.28. The number of hydrogen-bond acceptors (Lipinski definition) is 1. The Hall–Kier alpha value is -1.77. The molecule has 0 atom stereocenters. The number of hydrogen-bond donors (Lipinski definition) is 1. The van der Waals surface area contributed by atoms with E-state index in [1.807, 2.05) is 13.1 Å². The molecular weight excluding hydrogens is 214 g/mol. The van der Waals surface area contributed by atoms with Crippen LogP contribution in [-0.4, -0.2) is 15.6 Å². The molecule has 3 heteroatoms. The molecule has 0 aliphatic carbocycles. The van der Waals surface area contributed by atoms with Crippen molar-refractivity contribution in [2.75, 3.05) is 0 Å². The van der Waals surface area contributed by atoms with Crippen molar-refractivity contribution in [2.45, 2.75) is 26.7 Å². The first kappa shape index (κ1) is 11.7. The fourth-order valence-corrected chi connectivity index (χ4v) is 2.46. The number of benzene rings is 1. The van der Waals surface area contributed by atoms with Gasteiger partial charge in [-0.05, 0) is 31.4 Å². The standard InChI is InChI=1S/C14H17NO2/c1-9-5-4-6-12-11(7-8-13(16)17)10(2)15(3)14(9)12/h4-6H,7-8H2,1-3H3,(H,16,17). The molecule has 0 saturated heterocycles. The Morgan fingerprint density at radius 2 is 2.06 bits per heavy atom. The second kappa shape index (κ2) is 4.24. The molecule has 17 heavy (non-hydrogen) atoms. The summed E-state index contributed by atoms with van der Waals surface area (Å²) in [5.41, 5.74) is 4.77. The van der Waals surface area contributed by atoms with Gasteiger partial charge in [-0.15, -0.1) is 0 Å². The van der Waals surface area contributed by atoms with Crippen molar-refractivity contribution in [3.8, 4) is 0 Å². The molecule has 1 aromatic carbocycles. The maximum absolute atomic E-state index is 10.7. The fourth-order valence-electron chi connectivity index (χ4n) is 2.46. The molecule has 2 aromatic rings. The second-order valence-corrected chi connectivity index (χ2v) is 4.49. The Morgan fingerprint density at radius 1 is 1.35 bits per heavy atom.